The lowest BCUT2D eigenvalue weighted by Gasteiger charge is -2.15. The summed E-state index contributed by atoms with van der Waals surface area (Å²) < 4.78 is 6.06. The van der Waals surface area contributed by atoms with Crippen molar-refractivity contribution in [3.63, 3.8) is 0 Å². The van der Waals surface area contributed by atoms with Crippen LogP contribution in [0.1, 0.15) is 11.1 Å². The van der Waals surface area contributed by atoms with Crippen molar-refractivity contribution in [2.45, 2.75) is 19.0 Å². The first-order chi connectivity index (χ1) is 12.1. The topological polar surface area (TPSA) is 74.3 Å². The van der Waals surface area contributed by atoms with Gasteiger partial charge < -0.3 is 20.1 Å². The van der Waals surface area contributed by atoms with Crippen molar-refractivity contribution >= 4 is 32.8 Å². The molecule has 2 aromatic carbocycles. The summed E-state index contributed by atoms with van der Waals surface area (Å²) in [6.45, 7) is 0.460. The van der Waals surface area contributed by atoms with E-state index in [1.807, 2.05) is 48.7 Å². The van der Waals surface area contributed by atoms with Crippen LogP contribution in [0.15, 0.2) is 53.1 Å². The van der Waals surface area contributed by atoms with Crippen molar-refractivity contribution in [1.82, 2.24) is 10.3 Å². The number of halogens is 1. The summed E-state index contributed by atoms with van der Waals surface area (Å²) >= 11 is 3.45. The maximum Gasteiger partial charge on any atom is 0.321 e. The fourth-order valence-corrected chi connectivity index (χ4v) is 3.42. The third-order valence-electron chi connectivity index (χ3n) is 4.17. The van der Waals surface area contributed by atoms with Gasteiger partial charge in [-0.25, -0.2) is 0 Å². The normalized spacial score (nSPS) is 12.2. The summed E-state index contributed by atoms with van der Waals surface area (Å²) in [4.78, 5) is 14.8. The number of hydrogen-bond acceptors (Lipinski definition) is 3. The van der Waals surface area contributed by atoms with Crippen LogP contribution in [0.25, 0.3) is 10.9 Å². The predicted molar refractivity (Wildman–Crippen MR) is 101 cm³/mol. The number of fused-ring (bicyclic) bond motifs is 1. The van der Waals surface area contributed by atoms with E-state index in [1.54, 1.807) is 7.11 Å². The lowest BCUT2D eigenvalue weighted by molar-refractivity contribution is -0.139. The monoisotopic (exact) mass is 402 g/mol. The Morgan fingerprint density at radius 2 is 2.12 bits per heavy atom. The molecule has 0 aliphatic carbocycles. The maximum absolute atomic E-state index is 11.6. The highest BCUT2D eigenvalue weighted by Gasteiger charge is 2.19. The first-order valence-electron chi connectivity index (χ1n) is 7.92. The third kappa shape index (κ3) is 4.03. The highest BCUT2D eigenvalue weighted by Crippen LogP contribution is 2.25. The van der Waals surface area contributed by atoms with E-state index in [0.29, 0.717) is 13.0 Å². The summed E-state index contributed by atoms with van der Waals surface area (Å²) in [6, 6.07) is 12.9. The van der Waals surface area contributed by atoms with Crippen LogP contribution in [0.4, 0.5) is 0 Å². The molecule has 0 spiro atoms. The SMILES string of the molecule is COc1ccc(CN[C@@H](Cc2c[nH]c3ccccc23)C(=O)O)cc1Br. The molecule has 0 saturated carbocycles. The minimum Gasteiger partial charge on any atom is -0.496 e. The molecule has 3 aromatic rings. The number of carboxylic acids is 1. The average molecular weight is 403 g/mol. The van der Waals surface area contributed by atoms with Gasteiger partial charge in [0.15, 0.2) is 0 Å². The summed E-state index contributed by atoms with van der Waals surface area (Å²) in [5.41, 5.74) is 2.99. The number of H-pyrrole nitrogens is 1. The first-order valence-corrected chi connectivity index (χ1v) is 8.71. The van der Waals surface area contributed by atoms with Gasteiger partial charge in [-0.05, 0) is 45.3 Å². The molecule has 0 saturated heterocycles. The van der Waals surface area contributed by atoms with Crippen molar-refractivity contribution in [3.05, 3.63) is 64.3 Å². The Hall–Kier alpha value is -2.31. The van der Waals surface area contributed by atoms with Crippen molar-refractivity contribution in [2.75, 3.05) is 7.11 Å². The van der Waals surface area contributed by atoms with E-state index in [2.05, 4.69) is 26.2 Å². The highest BCUT2D eigenvalue weighted by atomic mass is 79.9. The van der Waals surface area contributed by atoms with Gasteiger partial charge in [-0.3, -0.25) is 4.79 Å². The van der Waals surface area contributed by atoms with Crippen LogP contribution < -0.4 is 10.1 Å². The van der Waals surface area contributed by atoms with E-state index in [0.717, 1.165) is 32.3 Å². The summed E-state index contributed by atoms with van der Waals surface area (Å²) in [7, 11) is 1.61. The second-order valence-electron chi connectivity index (χ2n) is 5.80. The number of ether oxygens (including phenoxy) is 1. The highest BCUT2D eigenvalue weighted by molar-refractivity contribution is 9.10. The van der Waals surface area contributed by atoms with Gasteiger partial charge in [0.2, 0.25) is 0 Å². The molecule has 3 N–H and O–H groups in total. The van der Waals surface area contributed by atoms with Gasteiger partial charge in [-0.2, -0.15) is 0 Å². The number of methoxy groups -OCH3 is 1. The van der Waals surface area contributed by atoms with Crippen LogP contribution in [-0.2, 0) is 17.8 Å². The van der Waals surface area contributed by atoms with Crippen molar-refractivity contribution in [3.8, 4) is 5.75 Å². The van der Waals surface area contributed by atoms with Crippen molar-refractivity contribution in [2.24, 2.45) is 0 Å². The minimum absolute atomic E-state index is 0.413. The molecule has 5 nitrogen and oxygen atoms in total. The number of hydrogen-bond donors (Lipinski definition) is 3. The van der Waals surface area contributed by atoms with E-state index >= 15 is 0 Å². The zero-order valence-corrected chi connectivity index (χ0v) is 15.3. The molecule has 0 amide bonds. The zero-order valence-electron chi connectivity index (χ0n) is 13.8. The molecule has 6 heteroatoms. The quantitative estimate of drug-likeness (QED) is 0.562. The molecule has 25 heavy (non-hydrogen) atoms. The van der Waals surface area contributed by atoms with Crippen LogP contribution in [0.2, 0.25) is 0 Å². The fourth-order valence-electron chi connectivity index (χ4n) is 2.83. The van der Waals surface area contributed by atoms with Crippen LogP contribution in [0.3, 0.4) is 0 Å². The van der Waals surface area contributed by atoms with E-state index in [9.17, 15) is 9.90 Å². The molecular formula is C19H19BrN2O3. The van der Waals surface area contributed by atoms with Crippen molar-refractivity contribution < 1.29 is 14.6 Å². The first kappa shape index (κ1) is 17.5. The van der Waals surface area contributed by atoms with Crippen LogP contribution in [0, 0.1) is 0 Å². The van der Waals surface area contributed by atoms with Gasteiger partial charge in [-0.15, -0.1) is 0 Å². The second kappa shape index (κ2) is 7.72. The summed E-state index contributed by atoms with van der Waals surface area (Å²) in [6.07, 6.45) is 2.29. The second-order valence-corrected chi connectivity index (χ2v) is 6.66. The molecule has 1 heterocycles. The maximum atomic E-state index is 11.6. The fraction of sp³-hybridized carbons (Fsp3) is 0.211. The number of rotatable bonds is 7. The Morgan fingerprint density at radius 3 is 2.84 bits per heavy atom. The van der Waals surface area contributed by atoms with Gasteiger partial charge in [0, 0.05) is 30.1 Å². The van der Waals surface area contributed by atoms with E-state index < -0.39 is 12.0 Å². The molecule has 0 fully saturated rings. The number of carboxylic acid groups (broad SMARTS) is 1. The van der Waals surface area contributed by atoms with Gasteiger partial charge in [0.25, 0.3) is 0 Å². The van der Waals surface area contributed by atoms with E-state index in [4.69, 9.17) is 4.74 Å². The molecule has 3 rings (SSSR count). The Bertz CT molecular complexity index is 891. The standard InChI is InChI=1S/C19H19BrN2O3/c1-25-18-7-6-12(8-15(18)20)10-21-17(19(23)24)9-13-11-22-16-5-3-2-4-14(13)16/h2-8,11,17,21-22H,9-10H2,1H3,(H,23,24)/t17-/m0/s1. The largest absolute Gasteiger partial charge is 0.496 e. The Labute approximate surface area is 154 Å². The lowest BCUT2D eigenvalue weighted by Crippen LogP contribution is -2.38. The molecule has 1 aromatic heterocycles. The van der Waals surface area contributed by atoms with Crippen LogP contribution >= 0.6 is 15.9 Å². The van der Waals surface area contributed by atoms with Gasteiger partial charge in [-0.1, -0.05) is 24.3 Å². The average Bonchev–Trinajstić information content (AvgIpc) is 3.01. The Balaban J connectivity index is 1.71. The molecule has 130 valence electrons. The molecule has 0 bridgehead atoms. The van der Waals surface area contributed by atoms with E-state index in [-0.39, 0.29) is 0 Å². The molecule has 0 aliphatic rings. The number of aliphatic carboxylic acids is 1. The number of aromatic amines is 1. The molecular weight excluding hydrogens is 384 g/mol. The lowest BCUT2D eigenvalue weighted by atomic mass is 10.0. The van der Waals surface area contributed by atoms with Gasteiger partial charge in [0.05, 0.1) is 11.6 Å². The Kier molecular flexibility index (Phi) is 5.40. The summed E-state index contributed by atoms with van der Waals surface area (Å²) in [5.74, 6) is -0.116. The number of nitrogens with one attached hydrogen (secondary N) is 2. The van der Waals surface area contributed by atoms with Crippen molar-refractivity contribution in [1.29, 1.82) is 0 Å². The zero-order chi connectivity index (χ0) is 17.8. The van der Waals surface area contributed by atoms with Gasteiger partial charge >= 0.3 is 5.97 Å². The smallest absolute Gasteiger partial charge is 0.321 e. The predicted octanol–water partition coefficient (Wildman–Crippen LogP) is 3.72. The number of aromatic nitrogens is 1. The number of carbonyl (C=O) groups is 1. The van der Waals surface area contributed by atoms with Crippen LogP contribution in [0.5, 0.6) is 5.75 Å². The van der Waals surface area contributed by atoms with Crippen LogP contribution in [-0.4, -0.2) is 29.2 Å². The summed E-state index contributed by atoms with van der Waals surface area (Å²) in [5, 5.41) is 13.7. The molecule has 0 unspecified atom stereocenters. The third-order valence-corrected chi connectivity index (χ3v) is 4.79. The molecule has 0 radical (unpaired) electrons. The molecule has 1 atom stereocenters. The minimum atomic E-state index is -0.863. The Morgan fingerprint density at radius 1 is 1.32 bits per heavy atom. The van der Waals surface area contributed by atoms with E-state index in [1.165, 1.54) is 0 Å². The van der Waals surface area contributed by atoms with Gasteiger partial charge in [0.1, 0.15) is 11.8 Å². The number of benzene rings is 2. The number of para-hydroxylation sites is 1. The molecule has 0 aliphatic heterocycles.